The van der Waals surface area contributed by atoms with Gasteiger partial charge in [-0.15, -0.1) is 0 Å². The molecule has 4 heteroatoms. The zero-order chi connectivity index (χ0) is 13.1. The summed E-state index contributed by atoms with van der Waals surface area (Å²) in [6.45, 7) is 0. The number of halogens is 3. The van der Waals surface area contributed by atoms with E-state index in [4.69, 9.17) is 0 Å². The van der Waals surface area contributed by atoms with Crippen molar-refractivity contribution in [2.24, 2.45) is 0 Å². The van der Waals surface area contributed by atoms with Crippen LogP contribution in [0.3, 0.4) is 0 Å². The molecule has 0 aliphatic carbocycles. The second kappa shape index (κ2) is 6.30. The average Bonchev–Trinajstić information content (AvgIpc) is 2.32. The lowest BCUT2D eigenvalue weighted by atomic mass is 10.0. The summed E-state index contributed by atoms with van der Waals surface area (Å²) in [5.74, 6) is 0.124. The first-order valence-corrected chi connectivity index (χ1v) is 7.95. The molecule has 2 aromatic rings. The van der Waals surface area contributed by atoms with Gasteiger partial charge >= 0.3 is 0 Å². The number of hydrogen-bond donors (Lipinski definition) is 0. The predicted molar refractivity (Wildman–Crippen MR) is 89.0 cm³/mol. The minimum absolute atomic E-state index is 0.124. The van der Waals surface area contributed by atoms with Crippen molar-refractivity contribution in [2.75, 3.05) is 0 Å². The zero-order valence-electron chi connectivity index (χ0n) is 9.29. The van der Waals surface area contributed by atoms with Crippen molar-refractivity contribution >= 4 is 60.2 Å². The van der Waals surface area contributed by atoms with E-state index in [1.54, 1.807) is 0 Å². The summed E-state index contributed by atoms with van der Waals surface area (Å²) in [6.07, 6.45) is 0.415. The van der Waals surface area contributed by atoms with E-state index in [0.717, 1.165) is 23.6 Å². The zero-order valence-corrected chi connectivity index (χ0v) is 14.6. The minimum atomic E-state index is 0.124. The highest BCUT2D eigenvalue weighted by molar-refractivity contribution is 14.1. The molecule has 0 heterocycles. The molecule has 18 heavy (non-hydrogen) atoms. The first-order valence-electron chi connectivity index (χ1n) is 5.29. The number of carbonyl (C=O) groups is 1. The van der Waals surface area contributed by atoms with Gasteiger partial charge in [0.1, 0.15) is 0 Å². The van der Waals surface area contributed by atoms with Crippen LogP contribution in [0.1, 0.15) is 15.9 Å². The molecule has 1 nitrogen and oxygen atoms in total. The number of ketones is 1. The van der Waals surface area contributed by atoms with Gasteiger partial charge in [0.05, 0.1) is 0 Å². The molecule has 0 aliphatic heterocycles. The molecule has 0 spiro atoms. The first-order chi connectivity index (χ1) is 8.56. The van der Waals surface area contributed by atoms with Crippen molar-refractivity contribution in [3.63, 3.8) is 0 Å². The Morgan fingerprint density at radius 3 is 2.61 bits per heavy atom. The Hall–Kier alpha value is -0.200. The largest absolute Gasteiger partial charge is 0.294 e. The van der Waals surface area contributed by atoms with Gasteiger partial charge in [-0.05, 0) is 58.5 Å². The van der Waals surface area contributed by atoms with Gasteiger partial charge in [-0.1, -0.05) is 44.0 Å². The molecular weight excluding hydrogens is 471 g/mol. The highest BCUT2D eigenvalue weighted by Gasteiger charge is 2.11. The monoisotopic (exact) mass is 478 g/mol. The van der Waals surface area contributed by atoms with Crippen LogP contribution in [0.4, 0.5) is 0 Å². The van der Waals surface area contributed by atoms with E-state index in [2.05, 4.69) is 54.5 Å². The van der Waals surface area contributed by atoms with E-state index in [1.807, 2.05) is 42.5 Å². The maximum absolute atomic E-state index is 12.2. The van der Waals surface area contributed by atoms with Crippen molar-refractivity contribution in [2.45, 2.75) is 6.42 Å². The SMILES string of the molecule is O=C(Cc1cccc(Br)c1)c1cc(I)ccc1Br. The third-order valence-electron chi connectivity index (χ3n) is 2.48. The van der Waals surface area contributed by atoms with Gasteiger partial charge in [-0.2, -0.15) is 0 Å². The molecule has 0 unspecified atom stereocenters. The third-order valence-corrected chi connectivity index (χ3v) is 4.34. The second-order valence-electron chi connectivity index (χ2n) is 3.85. The molecule has 0 fully saturated rings. The smallest absolute Gasteiger partial charge is 0.168 e. The van der Waals surface area contributed by atoms with Crippen LogP contribution in [0.5, 0.6) is 0 Å². The van der Waals surface area contributed by atoms with E-state index in [0.29, 0.717) is 6.42 Å². The Morgan fingerprint density at radius 1 is 1.11 bits per heavy atom. The molecule has 2 aromatic carbocycles. The number of carbonyl (C=O) groups excluding carboxylic acids is 1. The van der Waals surface area contributed by atoms with Crippen LogP contribution < -0.4 is 0 Å². The van der Waals surface area contributed by atoms with E-state index < -0.39 is 0 Å². The second-order valence-corrected chi connectivity index (χ2v) is 6.87. The first kappa shape index (κ1) is 14.2. The van der Waals surface area contributed by atoms with Crippen molar-refractivity contribution < 1.29 is 4.79 Å². The van der Waals surface area contributed by atoms with Gasteiger partial charge < -0.3 is 0 Å². The van der Waals surface area contributed by atoms with Gasteiger partial charge in [0.25, 0.3) is 0 Å². The summed E-state index contributed by atoms with van der Waals surface area (Å²) in [5, 5.41) is 0. The topological polar surface area (TPSA) is 17.1 Å². The third kappa shape index (κ3) is 3.65. The van der Waals surface area contributed by atoms with Gasteiger partial charge in [-0.25, -0.2) is 0 Å². The van der Waals surface area contributed by atoms with Crippen molar-refractivity contribution in [3.05, 3.63) is 66.1 Å². The molecule has 0 bridgehead atoms. The number of Topliss-reactive ketones (excluding diaryl/α,β-unsaturated/α-hetero) is 1. The number of rotatable bonds is 3. The van der Waals surface area contributed by atoms with Crippen LogP contribution >= 0.6 is 54.5 Å². The Morgan fingerprint density at radius 2 is 1.89 bits per heavy atom. The summed E-state index contributed by atoms with van der Waals surface area (Å²) in [6, 6.07) is 13.6. The van der Waals surface area contributed by atoms with Crippen LogP contribution in [-0.4, -0.2) is 5.78 Å². The average molecular weight is 480 g/mol. The Bertz CT molecular complexity index is 596. The lowest BCUT2D eigenvalue weighted by molar-refractivity contribution is 0.0992. The molecule has 0 saturated heterocycles. The van der Waals surface area contributed by atoms with E-state index in [9.17, 15) is 4.79 Å². The lowest BCUT2D eigenvalue weighted by Gasteiger charge is -2.05. The van der Waals surface area contributed by atoms with Gasteiger partial charge in [-0.3, -0.25) is 4.79 Å². The molecule has 0 amide bonds. The Kier molecular flexibility index (Phi) is 4.98. The Labute approximate surface area is 136 Å². The van der Waals surface area contributed by atoms with E-state index >= 15 is 0 Å². The maximum atomic E-state index is 12.2. The summed E-state index contributed by atoms with van der Waals surface area (Å²) in [7, 11) is 0. The summed E-state index contributed by atoms with van der Waals surface area (Å²) >= 11 is 9.05. The highest BCUT2D eigenvalue weighted by Crippen LogP contribution is 2.22. The standard InChI is InChI=1S/C14H9Br2IO/c15-10-3-1-2-9(6-10)7-14(18)12-8-11(17)4-5-13(12)16/h1-6,8H,7H2. The van der Waals surface area contributed by atoms with Gasteiger partial charge in [0.2, 0.25) is 0 Å². The fourth-order valence-corrected chi connectivity index (χ4v) is 3.04. The number of benzene rings is 2. The van der Waals surface area contributed by atoms with Crippen LogP contribution in [0.2, 0.25) is 0 Å². The quantitative estimate of drug-likeness (QED) is 0.434. The molecule has 0 aliphatic rings. The van der Waals surface area contributed by atoms with Crippen LogP contribution in [0, 0.1) is 3.57 Å². The van der Waals surface area contributed by atoms with Crippen LogP contribution in [0.15, 0.2) is 51.4 Å². The van der Waals surface area contributed by atoms with Gasteiger partial charge in [0.15, 0.2) is 5.78 Å². The van der Waals surface area contributed by atoms with Crippen molar-refractivity contribution in [1.29, 1.82) is 0 Å². The Balaban J connectivity index is 2.24. The highest BCUT2D eigenvalue weighted by atomic mass is 127. The molecule has 0 atom stereocenters. The predicted octanol–water partition coefficient (Wildman–Crippen LogP) is 5.24. The van der Waals surface area contributed by atoms with Gasteiger partial charge in [0, 0.05) is 24.5 Å². The molecule has 0 radical (unpaired) electrons. The molecule has 0 aromatic heterocycles. The summed E-state index contributed by atoms with van der Waals surface area (Å²) in [4.78, 5) is 12.2. The number of hydrogen-bond acceptors (Lipinski definition) is 1. The van der Waals surface area contributed by atoms with Crippen LogP contribution in [-0.2, 0) is 6.42 Å². The maximum Gasteiger partial charge on any atom is 0.168 e. The summed E-state index contributed by atoms with van der Waals surface area (Å²) in [5.41, 5.74) is 1.75. The van der Waals surface area contributed by atoms with Crippen molar-refractivity contribution in [1.82, 2.24) is 0 Å². The molecule has 0 saturated carbocycles. The van der Waals surface area contributed by atoms with E-state index in [-0.39, 0.29) is 5.78 Å². The normalized spacial score (nSPS) is 10.4. The minimum Gasteiger partial charge on any atom is -0.294 e. The fourth-order valence-electron chi connectivity index (χ4n) is 1.64. The molecule has 2 rings (SSSR count). The lowest BCUT2D eigenvalue weighted by Crippen LogP contribution is -2.04. The fraction of sp³-hybridized carbons (Fsp3) is 0.0714. The molecule has 0 N–H and O–H groups in total. The van der Waals surface area contributed by atoms with E-state index in [1.165, 1.54) is 0 Å². The van der Waals surface area contributed by atoms with Crippen molar-refractivity contribution in [3.8, 4) is 0 Å². The summed E-state index contributed by atoms with van der Waals surface area (Å²) < 4.78 is 2.91. The molecular formula is C14H9Br2IO. The van der Waals surface area contributed by atoms with Crippen LogP contribution in [0.25, 0.3) is 0 Å². The molecule has 92 valence electrons.